The van der Waals surface area contributed by atoms with Gasteiger partial charge in [0.25, 0.3) is 5.91 Å². The molecule has 2 aliphatic rings. The van der Waals surface area contributed by atoms with Crippen molar-refractivity contribution in [1.29, 1.82) is 0 Å². The van der Waals surface area contributed by atoms with Crippen molar-refractivity contribution < 1.29 is 22.7 Å². The maximum absolute atomic E-state index is 14.3. The maximum atomic E-state index is 14.3. The Labute approximate surface area is 187 Å². The summed E-state index contributed by atoms with van der Waals surface area (Å²) in [6.07, 6.45) is 3.44. The largest absolute Gasteiger partial charge is 0.376 e. The first-order valence-electron chi connectivity index (χ1n) is 11.3. The van der Waals surface area contributed by atoms with Gasteiger partial charge in [-0.2, -0.15) is 0 Å². The van der Waals surface area contributed by atoms with E-state index in [2.05, 4.69) is 4.90 Å². The molecule has 2 aliphatic heterocycles. The summed E-state index contributed by atoms with van der Waals surface area (Å²) in [5, 5.41) is 0. The number of carbonyl (C=O) groups is 1. The summed E-state index contributed by atoms with van der Waals surface area (Å²) in [5.74, 6) is -2.57. The Hall–Kier alpha value is -2.38. The van der Waals surface area contributed by atoms with E-state index in [0.717, 1.165) is 44.8 Å². The van der Waals surface area contributed by atoms with Gasteiger partial charge in [0.1, 0.15) is 5.82 Å². The van der Waals surface area contributed by atoms with Crippen LogP contribution in [-0.4, -0.2) is 54.6 Å². The predicted molar refractivity (Wildman–Crippen MR) is 116 cm³/mol. The van der Waals surface area contributed by atoms with Gasteiger partial charge in [0.2, 0.25) is 0 Å². The number of hydrogen-bond acceptors (Lipinski definition) is 3. The molecule has 2 saturated heterocycles. The normalized spacial score (nSPS) is 19.9. The molecule has 2 aromatic rings. The van der Waals surface area contributed by atoms with Crippen LogP contribution >= 0.6 is 0 Å². The van der Waals surface area contributed by atoms with E-state index in [-0.39, 0.29) is 23.4 Å². The summed E-state index contributed by atoms with van der Waals surface area (Å²) in [6, 6.07) is 10.5. The summed E-state index contributed by atoms with van der Waals surface area (Å²) in [5.41, 5.74) is 0.447. The monoisotopic (exact) mass is 446 g/mol. The smallest absolute Gasteiger partial charge is 0.257 e. The third-order valence-electron chi connectivity index (χ3n) is 6.45. The maximum Gasteiger partial charge on any atom is 0.257 e. The minimum absolute atomic E-state index is 0.0725. The average molecular weight is 447 g/mol. The summed E-state index contributed by atoms with van der Waals surface area (Å²) >= 11 is 0. The van der Waals surface area contributed by atoms with Crippen LogP contribution in [0.2, 0.25) is 0 Å². The highest BCUT2D eigenvalue weighted by Crippen LogP contribution is 2.24. The van der Waals surface area contributed by atoms with Crippen molar-refractivity contribution >= 4 is 5.91 Å². The van der Waals surface area contributed by atoms with Gasteiger partial charge >= 0.3 is 0 Å². The van der Waals surface area contributed by atoms with Crippen LogP contribution in [0.25, 0.3) is 0 Å². The molecule has 2 aromatic carbocycles. The summed E-state index contributed by atoms with van der Waals surface area (Å²) in [6.45, 7) is 3.68. The number of benzene rings is 2. The molecule has 1 amide bonds. The second-order valence-corrected chi connectivity index (χ2v) is 8.76. The molecule has 32 heavy (non-hydrogen) atoms. The molecule has 4 nitrogen and oxygen atoms in total. The average Bonchev–Trinajstić information content (AvgIpc) is 3.31. The Kier molecular flexibility index (Phi) is 7.48. The van der Waals surface area contributed by atoms with E-state index in [0.29, 0.717) is 31.8 Å². The van der Waals surface area contributed by atoms with Crippen LogP contribution in [0.4, 0.5) is 13.2 Å². The van der Waals surface area contributed by atoms with E-state index in [1.165, 1.54) is 18.2 Å². The number of nitrogens with zero attached hydrogens (tertiary/aromatic N) is 2. The van der Waals surface area contributed by atoms with Crippen molar-refractivity contribution in [1.82, 2.24) is 9.80 Å². The lowest BCUT2D eigenvalue weighted by atomic mass is 9.95. The van der Waals surface area contributed by atoms with E-state index in [4.69, 9.17) is 4.74 Å². The van der Waals surface area contributed by atoms with Gasteiger partial charge in [-0.25, -0.2) is 13.2 Å². The van der Waals surface area contributed by atoms with Gasteiger partial charge in [-0.15, -0.1) is 0 Å². The Morgan fingerprint density at radius 2 is 1.72 bits per heavy atom. The summed E-state index contributed by atoms with van der Waals surface area (Å²) in [7, 11) is 0. The quantitative estimate of drug-likeness (QED) is 0.621. The second kappa shape index (κ2) is 10.5. The van der Waals surface area contributed by atoms with E-state index < -0.39 is 17.5 Å². The SMILES string of the molecule is O=C(c1cccc(F)c1F)N(CC1CCN(Cc2ccccc2F)CC1)C[C@@H]1CCCO1. The highest BCUT2D eigenvalue weighted by molar-refractivity contribution is 5.94. The van der Waals surface area contributed by atoms with Gasteiger partial charge in [0.15, 0.2) is 11.6 Å². The zero-order valence-electron chi connectivity index (χ0n) is 18.1. The fourth-order valence-electron chi connectivity index (χ4n) is 4.62. The molecular weight excluding hydrogens is 417 g/mol. The lowest BCUT2D eigenvalue weighted by Crippen LogP contribution is -2.43. The highest BCUT2D eigenvalue weighted by atomic mass is 19.2. The Balaban J connectivity index is 1.39. The molecule has 7 heteroatoms. The Morgan fingerprint density at radius 1 is 0.969 bits per heavy atom. The van der Waals surface area contributed by atoms with Gasteiger partial charge in [-0.1, -0.05) is 24.3 Å². The first-order chi connectivity index (χ1) is 15.5. The lowest BCUT2D eigenvalue weighted by Gasteiger charge is -2.35. The highest BCUT2D eigenvalue weighted by Gasteiger charge is 2.29. The number of hydrogen-bond donors (Lipinski definition) is 0. The standard InChI is InChI=1S/C25H29F3N2O2/c26-22-8-2-1-5-19(22)16-29-12-10-18(11-13-29)15-30(17-20-6-4-14-32-20)25(31)21-7-3-9-23(27)24(21)28/h1-3,5,7-9,18,20H,4,6,10-17H2/t20-/m0/s1. The first kappa shape index (κ1) is 22.8. The zero-order chi connectivity index (χ0) is 22.5. The number of carbonyl (C=O) groups excluding carboxylic acids is 1. The molecule has 0 aliphatic carbocycles. The van der Waals surface area contributed by atoms with Crippen molar-refractivity contribution in [3.8, 4) is 0 Å². The third kappa shape index (κ3) is 5.51. The molecule has 1 atom stereocenters. The van der Waals surface area contributed by atoms with Crippen LogP contribution < -0.4 is 0 Å². The number of halogens is 3. The molecule has 0 bridgehead atoms. The van der Waals surface area contributed by atoms with Crippen LogP contribution in [-0.2, 0) is 11.3 Å². The predicted octanol–water partition coefficient (Wildman–Crippen LogP) is 4.64. The first-order valence-corrected chi connectivity index (χ1v) is 11.3. The van der Waals surface area contributed by atoms with Crippen molar-refractivity contribution in [2.45, 2.75) is 38.3 Å². The van der Waals surface area contributed by atoms with Crippen LogP contribution in [0.15, 0.2) is 42.5 Å². The van der Waals surface area contributed by atoms with E-state index in [1.54, 1.807) is 17.0 Å². The number of amides is 1. The number of ether oxygens (including phenoxy) is 1. The second-order valence-electron chi connectivity index (χ2n) is 8.76. The molecule has 2 heterocycles. The lowest BCUT2D eigenvalue weighted by molar-refractivity contribution is 0.0440. The molecular formula is C25H29F3N2O2. The number of likely N-dealkylation sites (tertiary alicyclic amines) is 1. The van der Waals surface area contributed by atoms with Crippen LogP contribution in [0, 0.1) is 23.4 Å². The van der Waals surface area contributed by atoms with E-state index in [9.17, 15) is 18.0 Å². The summed E-state index contributed by atoms with van der Waals surface area (Å²) in [4.78, 5) is 17.0. The van der Waals surface area contributed by atoms with Crippen molar-refractivity contribution in [3.05, 3.63) is 71.0 Å². The van der Waals surface area contributed by atoms with Gasteiger partial charge in [-0.05, 0) is 62.9 Å². The molecule has 0 aromatic heterocycles. The Morgan fingerprint density at radius 3 is 2.44 bits per heavy atom. The van der Waals surface area contributed by atoms with E-state index >= 15 is 0 Å². The van der Waals surface area contributed by atoms with Crippen LogP contribution in [0.5, 0.6) is 0 Å². The molecule has 0 spiro atoms. The molecule has 2 fully saturated rings. The minimum Gasteiger partial charge on any atom is -0.376 e. The molecule has 4 rings (SSSR count). The van der Waals surface area contributed by atoms with Crippen LogP contribution in [0.1, 0.15) is 41.6 Å². The van der Waals surface area contributed by atoms with Crippen molar-refractivity contribution in [2.75, 3.05) is 32.8 Å². The number of rotatable bonds is 7. The van der Waals surface area contributed by atoms with Crippen molar-refractivity contribution in [2.24, 2.45) is 5.92 Å². The molecule has 172 valence electrons. The summed E-state index contributed by atoms with van der Waals surface area (Å²) < 4.78 is 47.7. The molecule has 0 unspecified atom stereocenters. The van der Waals surface area contributed by atoms with Crippen molar-refractivity contribution in [3.63, 3.8) is 0 Å². The van der Waals surface area contributed by atoms with Gasteiger partial charge in [0.05, 0.1) is 11.7 Å². The molecule has 0 saturated carbocycles. The number of piperidine rings is 1. The van der Waals surface area contributed by atoms with Crippen LogP contribution in [0.3, 0.4) is 0 Å². The third-order valence-corrected chi connectivity index (χ3v) is 6.45. The zero-order valence-corrected chi connectivity index (χ0v) is 18.1. The van der Waals surface area contributed by atoms with Gasteiger partial charge in [0, 0.05) is 31.8 Å². The van der Waals surface area contributed by atoms with Gasteiger partial charge < -0.3 is 9.64 Å². The minimum atomic E-state index is -1.10. The van der Waals surface area contributed by atoms with Gasteiger partial charge in [-0.3, -0.25) is 9.69 Å². The topological polar surface area (TPSA) is 32.8 Å². The molecule has 0 N–H and O–H groups in total. The molecule has 0 radical (unpaired) electrons. The fraction of sp³-hybridized carbons (Fsp3) is 0.480. The van der Waals surface area contributed by atoms with E-state index in [1.807, 2.05) is 6.07 Å². The fourth-order valence-corrected chi connectivity index (χ4v) is 4.62. The Bertz CT molecular complexity index is 925.